The Labute approximate surface area is 190 Å². The molecule has 148 valence electrons. The maximum atomic E-state index is 8.60. The number of anilines is 3. The van der Waals surface area contributed by atoms with E-state index in [0.717, 1.165) is 22.3 Å². The van der Waals surface area contributed by atoms with Gasteiger partial charge in [0.15, 0.2) is 0 Å². The Morgan fingerprint density at radius 3 is 1.19 bits per heavy atom. The van der Waals surface area contributed by atoms with Gasteiger partial charge in [-0.1, -0.05) is 103 Å². The molecule has 0 aromatic heterocycles. The topological polar surface area (TPSA) is 3.24 Å². The first-order chi connectivity index (χ1) is 17.5. The SMILES string of the molecule is [2H]c1c([2H])c([2H])c(N(c2ccc(-c3ccccc3)cc2)c2ccc(-c3ccccc3)cc2)c([2H])c1[2H]. The average molecular weight is 403 g/mol. The van der Waals surface area contributed by atoms with E-state index in [-0.39, 0.29) is 29.9 Å². The Morgan fingerprint density at radius 2 is 0.774 bits per heavy atom. The molecule has 0 N–H and O–H groups in total. The highest BCUT2D eigenvalue weighted by Crippen LogP contribution is 2.36. The zero-order valence-electron chi connectivity index (χ0n) is 21.8. The van der Waals surface area contributed by atoms with Crippen LogP contribution in [0.3, 0.4) is 0 Å². The van der Waals surface area contributed by atoms with E-state index in [9.17, 15) is 0 Å². The highest BCUT2D eigenvalue weighted by Gasteiger charge is 2.12. The molecule has 0 radical (unpaired) electrons. The van der Waals surface area contributed by atoms with Gasteiger partial charge >= 0.3 is 0 Å². The maximum absolute atomic E-state index is 8.60. The van der Waals surface area contributed by atoms with Crippen LogP contribution < -0.4 is 4.90 Å². The largest absolute Gasteiger partial charge is 0.311 e. The molecule has 5 aromatic rings. The molecule has 0 saturated heterocycles. The normalized spacial score (nSPS) is 12.8. The fraction of sp³-hybridized carbons (Fsp3) is 0. The molecule has 5 rings (SSSR count). The summed E-state index contributed by atoms with van der Waals surface area (Å²) >= 11 is 0. The van der Waals surface area contributed by atoms with Crippen LogP contribution in [0.2, 0.25) is 0 Å². The molecule has 0 aliphatic carbocycles. The van der Waals surface area contributed by atoms with E-state index in [2.05, 4.69) is 0 Å². The zero-order valence-corrected chi connectivity index (χ0v) is 16.8. The number of hydrogen-bond donors (Lipinski definition) is 0. The number of hydrogen-bond acceptors (Lipinski definition) is 1. The predicted molar refractivity (Wildman–Crippen MR) is 132 cm³/mol. The summed E-state index contributed by atoms with van der Waals surface area (Å²) in [7, 11) is 0. The third kappa shape index (κ3) is 4.12. The molecule has 0 aliphatic rings. The summed E-state index contributed by atoms with van der Waals surface area (Å²) in [6, 6.07) is 33.9. The number of para-hydroxylation sites is 1. The predicted octanol–water partition coefficient (Wildman–Crippen LogP) is 8.49. The van der Waals surface area contributed by atoms with Crippen molar-refractivity contribution in [3.05, 3.63) is 139 Å². The van der Waals surface area contributed by atoms with E-state index >= 15 is 0 Å². The van der Waals surface area contributed by atoms with Crippen LogP contribution in [0.1, 0.15) is 6.85 Å². The van der Waals surface area contributed by atoms with Crippen molar-refractivity contribution in [2.45, 2.75) is 0 Å². The van der Waals surface area contributed by atoms with E-state index in [1.165, 1.54) is 0 Å². The van der Waals surface area contributed by atoms with Gasteiger partial charge in [-0.05, 0) is 58.6 Å². The van der Waals surface area contributed by atoms with Gasteiger partial charge in [0, 0.05) is 17.1 Å². The average Bonchev–Trinajstić information content (AvgIpc) is 2.94. The standard InChI is InChI=1S/C30H23N/c1-4-10-24(11-5-1)26-16-20-29(21-17-26)31(28-14-8-3-9-15-28)30-22-18-27(19-23-30)25-12-6-2-7-13-25/h1-23H/i3D,8D,9D,14D,15D. The number of benzene rings is 5. The summed E-state index contributed by atoms with van der Waals surface area (Å²) in [5, 5.41) is 0. The summed E-state index contributed by atoms with van der Waals surface area (Å²) in [6.07, 6.45) is 0. The second kappa shape index (κ2) is 8.73. The molecule has 0 spiro atoms. The van der Waals surface area contributed by atoms with E-state index in [4.69, 9.17) is 6.85 Å². The Morgan fingerprint density at radius 1 is 0.387 bits per heavy atom. The molecule has 1 heteroatoms. The molecule has 1 nitrogen and oxygen atoms in total. The number of nitrogens with zero attached hydrogens (tertiary/aromatic N) is 1. The van der Waals surface area contributed by atoms with Gasteiger partial charge in [0.25, 0.3) is 0 Å². The van der Waals surface area contributed by atoms with E-state index in [0.29, 0.717) is 11.4 Å². The molecule has 5 aromatic carbocycles. The van der Waals surface area contributed by atoms with E-state index in [1.807, 2.05) is 109 Å². The fourth-order valence-corrected chi connectivity index (χ4v) is 3.63. The summed E-state index contributed by atoms with van der Waals surface area (Å²) in [6.45, 7) is 0. The first-order valence-electron chi connectivity index (χ1n) is 12.6. The molecule has 31 heavy (non-hydrogen) atoms. The van der Waals surface area contributed by atoms with Gasteiger partial charge in [-0.15, -0.1) is 0 Å². The van der Waals surface area contributed by atoms with Gasteiger partial charge in [0.2, 0.25) is 0 Å². The van der Waals surface area contributed by atoms with E-state index in [1.54, 1.807) is 4.90 Å². The van der Waals surface area contributed by atoms with Crippen LogP contribution in [0.25, 0.3) is 22.3 Å². The van der Waals surface area contributed by atoms with Gasteiger partial charge < -0.3 is 4.90 Å². The van der Waals surface area contributed by atoms with Gasteiger partial charge in [-0.2, -0.15) is 0 Å². The van der Waals surface area contributed by atoms with Crippen molar-refractivity contribution in [3.8, 4) is 22.3 Å². The molecule has 0 saturated carbocycles. The van der Waals surface area contributed by atoms with Crippen LogP contribution in [-0.4, -0.2) is 0 Å². The highest BCUT2D eigenvalue weighted by atomic mass is 15.1. The lowest BCUT2D eigenvalue weighted by Crippen LogP contribution is -2.09. The Bertz CT molecular complexity index is 1390. The monoisotopic (exact) mass is 402 g/mol. The highest BCUT2D eigenvalue weighted by molar-refractivity contribution is 5.79. The lowest BCUT2D eigenvalue weighted by atomic mass is 10.0. The molecular weight excluding hydrogens is 374 g/mol. The van der Waals surface area contributed by atoms with Crippen molar-refractivity contribution >= 4 is 17.1 Å². The van der Waals surface area contributed by atoms with Crippen LogP contribution in [-0.2, 0) is 0 Å². The minimum atomic E-state index is -0.410. The van der Waals surface area contributed by atoms with Gasteiger partial charge in [-0.3, -0.25) is 0 Å². The van der Waals surface area contributed by atoms with Gasteiger partial charge in [0.05, 0.1) is 6.85 Å². The van der Waals surface area contributed by atoms with Crippen molar-refractivity contribution in [2.75, 3.05) is 4.90 Å². The molecule has 0 amide bonds. The Kier molecular flexibility index (Phi) is 3.94. The Balaban J connectivity index is 1.66. The summed E-state index contributed by atoms with van der Waals surface area (Å²) < 4.78 is 41.7. The molecule has 0 aliphatic heterocycles. The van der Waals surface area contributed by atoms with E-state index < -0.39 is 6.04 Å². The second-order valence-electron chi connectivity index (χ2n) is 7.13. The van der Waals surface area contributed by atoms with Crippen molar-refractivity contribution in [2.24, 2.45) is 0 Å². The van der Waals surface area contributed by atoms with Gasteiger partial charge in [-0.25, -0.2) is 0 Å². The van der Waals surface area contributed by atoms with Crippen LogP contribution in [0, 0.1) is 0 Å². The zero-order chi connectivity index (χ0) is 25.2. The van der Waals surface area contributed by atoms with Crippen LogP contribution in [0.15, 0.2) is 139 Å². The van der Waals surface area contributed by atoms with Crippen LogP contribution in [0.5, 0.6) is 0 Å². The molecule has 0 heterocycles. The third-order valence-corrected chi connectivity index (χ3v) is 5.18. The summed E-state index contributed by atoms with van der Waals surface area (Å²) in [5.41, 5.74) is 5.71. The smallest absolute Gasteiger partial charge is 0.0645 e. The second-order valence-corrected chi connectivity index (χ2v) is 7.13. The fourth-order valence-electron chi connectivity index (χ4n) is 3.63. The molecule has 0 bridgehead atoms. The molecule has 0 atom stereocenters. The quantitative estimate of drug-likeness (QED) is 0.285. The lowest BCUT2D eigenvalue weighted by Gasteiger charge is -2.26. The summed E-state index contributed by atoms with van der Waals surface area (Å²) in [4.78, 5) is 1.73. The first-order valence-corrected chi connectivity index (χ1v) is 10.1. The minimum Gasteiger partial charge on any atom is -0.311 e. The first kappa shape index (κ1) is 14.0. The molecular formula is C30H23N. The van der Waals surface area contributed by atoms with Crippen LogP contribution in [0.4, 0.5) is 17.1 Å². The molecule has 0 fully saturated rings. The third-order valence-electron chi connectivity index (χ3n) is 5.18. The van der Waals surface area contributed by atoms with Gasteiger partial charge in [0.1, 0.15) is 0 Å². The maximum Gasteiger partial charge on any atom is 0.0645 e. The molecule has 0 unspecified atom stereocenters. The van der Waals surface area contributed by atoms with Crippen molar-refractivity contribution in [1.29, 1.82) is 0 Å². The van der Waals surface area contributed by atoms with Crippen molar-refractivity contribution in [3.63, 3.8) is 0 Å². The minimum absolute atomic E-state index is 0.112. The van der Waals surface area contributed by atoms with Crippen LogP contribution >= 0.6 is 0 Å². The number of rotatable bonds is 5. The van der Waals surface area contributed by atoms with Crippen molar-refractivity contribution < 1.29 is 6.85 Å². The lowest BCUT2D eigenvalue weighted by molar-refractivity contribution is 1.28. The Hall–Kier alpha value is -4.10. The summed E-state index contributed by atoms with van der Waals surface area (Å²) in [5.74, 6) is 0. The van der Waals surface area contributed by atoms with Crippen molar-refractivity contribution in [1.82, 2.24) is 0 Å².